The number of carbonyl (C=O) groups is 1. The summed E-state index contributed by atoms with van der Waals surface area (Å²) < 4.78 is 1.86. The third-order valence-electron chi connectivity index (χ3n) is 5.31. The second-order valence-electron chi connectivity index (χ2n) is 8.73. The first kappa shape index (κ1) is 20.1. The first-order valence-corrected chi connectivity index (χ1v) is 10.2. The molecule has 0 bridgehead atoms. The molecule has 1 amide bonds. The van der Waals surface area contributed by atoms with E-state index in [1.807, 2.05) is 40.9 Å². The van der Waals surface area contributed by atoms with Gasteiger partial charge in [0.1, 0.15) is 11.5 Å². The second-order valence-corrected chi connectivity index (χ2v) is 8.73. The van der Waals surface area contributed by atoms with E-state index in [1.54, 1.807) is 13.1 Å². The molecule has 2 aromatic rings. The summed E-state index contributed by atoms with van der Waals surface area (Å²) >= 11 is 0. The van der Waals surface area contributed by atoms with Gasteiger partial charge in [-0.25, -0.2) is 4.98 Å². The van der Waals surface area contributed by atoms with E-state index in [0.717, 1.165) is 47.7 Å². The van der Waals surface area contributed by atoms with Crippen LogP contribution in [-0.4, -0.2) is 29.2 Å². The fraction of sp³-hybridized carbons (Fsp3) is 0.348. The zero-order chi connectivity index (χ0) is 21.5. The van der Waals surface area contributed by atoms with E-state index in [4.69, 9.17) is 0 Å². The molecule has 0 unspecified atom stereocenters. The third kappa shape index (κ3) is 4.06. The molecule has 159 valence electrons. The van der Waals surface area contributed by atoms with Gasteiger partial charge in [0, 0.05) is 57.1 Å². The van der Waals surface area contributed by atoms with Gasteiger partial charge in [0.15, 0.2) is 7.05 Å². The van der Waals surface area contributed by atoms with Crippen LogP contribution in [0, 0.1) is 11.6 Å². The molecule has 1 aromatic carbocycles. The van der Waals surface area contributed by atoms with Crippen LogP contribution >= 0.6 is 0 Å². The highest BCUT2D eigenvalue weighted by Gasteiger charge is 2.33. The number of azo groups is 2. The molecule has 0 saturated carbocycles. The molecule has 3 heterocycles. The minimum atomic E-state index is -0.00577. The molecule has 0 aliphatic carbocycles. The van der Waals surface area contributed by atoms with E-state index in [1.165, 1.54) is 5.56 Å². The second kappa shape index (κ2) is 7.55. The molecule has 1 aromatic heterocycles. The summed E-state index contributed by atoms with van der Waals surface area (Å²) in [4.78, 5) is 18.0. The number of rotatable bonds is 4. The lowest BCUT2D eigenvalue weighted by Gasteiger charge is -2.15. The fourth-order valence-corrected chi connectivity index (χ4v) is 3.63. The highest BCUT2D eigenvalue weighted by molar-refractivity contribution is 5.94. The number of hydrogen-bond donors (Lipinski definition) is 2. The van der Waals surface area contributed by atoms with Crippen molar-refractivity contribution in [3.8, 4) is 0 Å². The summed E-state index contributed by atoms with van der Waals surface area (Å²) in [5.74, 6) is 0.833. The van der Waals surface area contributed by atoms with Gasteiger partial charge in [0.2, 0.25) is 5.91 Å². The van der Waals surface area contributed by atoms with E-state index < -0.39 is 0 Å². The summed E-state index contributed by atoms with van der Waals surface area (Å²) in [6.07, 6.45) is 5.65. The van der Waals surface area contributed by atoms with Crippen molar-refractivity contribution in [1.29, 1.82) is 0 Å². The van der Waals surface area contributed by atoms with Gasteiger partial charge in [-0.1, -0.05) is 25.5 Å². The molecule has 2 aliphatic heterocycles. The minimum Gasteiger partial charge on any atom is -0.340 e. The number of nitrogens with one attached hydrogen (secondary N) is 2. The van der Waals surface area contributed by atoms with Crippen molar-refractivity contribution in [3.05, 3.63) is 60.0 Å². The Morgan fingerprint density at radius 1 is 1.17 bits per heavy atom. The normalized spacial score (nSPS) is 16.2. The topological polar surface area (TPSA) is 72.6 Å². The van der Waals surface area contributed by atoms with Crippen LogP contribution in [0.5, 0.6) is 0 Å². The van der Waals surface area contributed by atoms with E-state index >= 15 is 0 Å². The average molecular weight is 409 g/mol. The lowest BCUT2D eigenvalue weighted by Crippen LogP contribution is -2.25. The van der Waals surface area contributed by atoms with Gasteiger partial charge in [-0.15, -0.1) is 0 Å². The summed E-state index contributed by atoms with van der Waals surface area (Å²) in [7, 11) is 1.94. The number of hydrogen-bond acceptors (Lipinski definition) is 5. The Kier molecular flexibility index (Phi) is 5.05. The highest BCUT2D eigenvalue weighted by atomic mass is 16.2. The molecule has 1 radical (unpaired) electrons. The van der Waals surface area contributed by atoms with Crippen molar-refractivity contribution in [1.82, 2.24) is 4.98 Å². The Bertz CT molecular complexity index is 1060. The predicted molar refractivity (Wildman–Crippen MR) is 123 cm³/mol. The van der Waals surface area contributed by atoms with Gasteiger partial charge in [-0.05, 0) is 41.4 Å². The van der Waals surface area contributed by atoms with Crippen molar-refractivity contribution in [2.24, 2.45) is 10.5 Å². The molecule has 0 atom stereocenters. The van der Waals surface area contributed by atoms with Crippen molar-refractivity contribution in [2.75, 3.05) is 29.1 Å². The van der Waals surface area contributed by atoms with Gasteiger partial charge >= 0.3 is 6.17 Å². The number of anilines is 4. The number of carbonyl (C=O) groups excluding carboxylic acids is 1. The summed E-state index contributed by atoms with van der Waals surface area (Å²) in [6.45, 7) is 8.81. The highest BCUT2D eigenvalue weighted by Crippen LogP contribution is 2.34. The molecule has 7 nitrogen and oxygen atoms in total. The number of aromatic nitrogens is 1. The first-order valence-electron chi connectivity index (χ1n) is 10.2. The average Bonchev–Trinajstić information content (AvgIpc) is 3.25. The monoisotopic (exact) mass is 408 g/mol. The first-order chi connectivity index (χ1) is 14.2. The number of nitrogens with zero attached hydrogens (tertiary/aromatic N) is 4. The molecule has 2 N–H and O–H groups in total. The van der Waals surface area contributed by atoms with Crippen LogP contribution in [0.25, 0.3) is 0 Å². The molecular formula is C23H32N6O+. The predicted octanol–water partition coefficient (Wildman–Crippen LogP) is 5.17. The van der Waals surface area contributed by atoms with Crippen LogP contribution in [0.15, 0.2) is 53.4 Å². The molecule has 7 heteroatoms. The van der Waals surface area contributed by atoms with Gasteiger partial charge in [0.25, 0.3) is 0 Å². The Hall–Kier alpha value is -3.22. The number of allylic oxidation sites excluding steroid dienone is 1. The maximum absolute atomic E-state index is 11.7. The molecular weight excluding hydrogens is 376 g/mol. The van der Waals surface area contributed by atoms with E-state index in [0.29, 0.717) is 0 Å². The minimum absolute atomic E-state index is 0. The summed E-state index contributed by atoms with van der Waals surface area (Å²) in [6, 6.07) is 9.98. The maximum Gasteiger partial charge on any atom is 0.373 e. The molecule has 4 rings (SSSR count). The van der Waals surface area contributed by atoms with E-state index in [-0.39, 0.29) is 14.2 Å². The van der Waals surface area contributed by atoms with E-state index in [2.05, 4.69) is 53.6 Å². The summed E-state index contributed by atoms with van der Waals surface area (Å²) in [5.41, 5.74) is 5.10. The van der Waals surface area contributed by atoms with Crippen LogP contribution < -0.4 is 15.5 Å². The number of likely N-dealkylation sites (N-methyl/N-ethyl adjacent to an activating group) is 1. The van der Waals surface area contributed by atoms with Gasteiger partial charge in [-0.3, -0.25) is 4.79 Å². The van der Waals surface area contributed by atoms with Crippen molar-refractivity contribution < 1.29 is 12.3 Å². The molecule has 2 aliphatic rings. The van der Waals surface area contributed by atoms with Gasteiger partial charge < -0.3 is 15.5 Å². The van der Waals surface area contributed by atoms with Crippen molar-refractivity contribution >= 4 is 28.8 Å². The van der Waals surface area contributed by atoms with Crippen LogP contribution in [0.4, 0.5) is 22.9 Å². The molecule has 0 saturated heterocycles. The quantitative estimate of drug-likeness (QED) is 0.685. The third-order valence-corrected chi connectivity index (χ3v) is 5.31. The number of benzene rings is 1. The standard InChI is InChI=1S/C23H28N6O.2H2/c1-15(30)29-11-9-16-12-17(6-7-19(16)29)25-21-13-18(8-10-24-21)26-22-14-20(23(2,3)4)27-28(22)5;;/h6-8,10,12-14H,9,11H2,1-5H3,(H2,24,25,26);2*1H/q+1;;. The van der Waals surface area contributed by atoms with Crippen LogP contribution in [0.1, 0.15) is 36.1 Å². The maximum atomic E-state index is 11.7. The largest absolute Gasteiger partial charge is 0.373 e. The zero-order valence-corrected chi connectivity index (χ0v) is 18.2. The smallest absolute Gasteiger partial charge is 0.340 e. The molecule has 30 heavy (non-hydrogen) atoms. The van der Waals surface area contributed by atoms with Crippen molar-refractivity contribution in [3.63, 3.8) is 0 Å². The molecule has 0 fully saturated rings. The van der Waals surface area contributed by atoms with Crippen LogP contribution in [-0.2, 0) is 11.2 Å². The Morgan fingerprint density at radius 2 is 1.93 bits per heavy atom. The summed E-state index contributed by atoms with van der Waals surface area (Å²) in [5, 5.41) is 11.4. The van der Waals surface area contributed by atoms with Gasteiger partial charge in [-0.2, -0.15) is 0 Å². The van der Waals surface area contributed by atoms with Crippen molar-refractivity contribution in [2.45, 2.75) is 34.1 Å². The Balaban J connectivity index is 0.00000181. The van der Waals surface area contributed by atoms with Crippen LogP contribution in [0.3, 0.4) is 0 Å². The zero-order valence-electron chi connectivity index (χ0n) is 18.2. The Morgan fingerprint density at radius 3 is 2.63 bits per heavy atom. The lowest BCUT2D eigenvalue weighted by atomic mass is 9.92. The molecule has 0 spiro atoms. The van der Waals surface area contributed by atoms with E-state index in [9.17, 15) is 4.79 Å². The lowest BCUT2D eigenvalue weighted by molar-refractivity contribution is -0.533. The number of amides is 1. The van der Waals surface area contributed by atoms with Crippen LogP contribution in [0.2, 0.25) is 0 Å². The van der Waals surface area contributed by atoms with Gasteiger partial charge in [0.05, 0.1) is 0 Å². The Labute approximate surface area is 180 Å². The SMILES string of the molecule is CC(=O)N1CCc2cc(Nc3cc(N[C]4C=C(C(C)(C)C)N=[N+]4C)ccn3)ccc21.[HH].[HH]. The fourth-order valence-electron chi connectivity index (χ4n) is 3.63. The number of pyridine rings is 1. The number of fused-ring (bicyclic) bond motifs is 1.